The molecule has 0 aliphatic carbocycles. The maximum atomic E-state index is 4.42. The summed E-state index contributed by atoms with van der Waals surface area (Å²) < 4.78 is 1.13. The maximum absolute atomic E-state index is 4.42. The van der Waals surface area contributed by atoms with Crippen LogP contribution >= 0.6 is 22.6 Å². The molecule has 0 saturated carbocycles. The molecule has 1 heterocycles. The van der Waals surface area contributed by atoms with E-state index in [0.29, 0.717) is 0 Å². The normalized spacial score (nSPS) is 10.9. The molecule has 0 bridgehead atoms. The number of rotatable bonds is 1. The van der Waals surface area contributed by atoms with Crippen molar-refractivity contribution in [3.05, 3.63) is 57.7 Å². The van der Waals surface area contributed by atoms with E-state index in [1.54, 1.807) is 6.20 Å². The molecule has 4 heteroatoms. The van der Waals surface area contributed by atoms with Crippen LogP contribution in [0.1, 0.15) is 0 Å². The van der Waals surface area contributed by atoms with Crippen molar-refractivity contribution in [1.82, 2.24) is 4.98 Å². The second kappa shape index (κ2) is 6.10. The predicted octanol–water partition coefficient (Wildman–Crippen LogP) is 2.48. The number of para-hydroxylation sites is 1. The van der Waals surface area contributed by atoms with E-state index in [1.807, 2.05) is 42.5 Å². The Balaban J connectivity index is 0.00000112. The van der Waals surface area contributed by atoms with Crippen LogP contribution in [-0.4, -0.2) is 0 Å². The standard InChI is InChI=1S/C11H8IN2.Cu/c12-9-5-1-2-6-10(9)14-11-7-3-4-8-13-11;/h1-8H;/q-1;+1. The Hall–Kier alpha value is -0.581. The van der Waals surface area contributed by atoms with Gasteiger partial charge in [-0.25, -0.2) is 0 Å². The molecule has 1 aromatic heterocycles. The summed E-state index contributed by atoms with van der Waals surface area (Å²) in [6.07, 6.45) is 1.74. The summed E-state index contributed by atoms with van der Waals surface area (Å²) in [5.41, 5.74) is 1.71. The van der Waals surface area contributed by atoms with Crippen LogP contribution < -0.4 is 10.5 Å². The number of benzene rings is 1. The van der Waals surface area contributed by atoms with E-state index in [2.05, 4.69) is 32.6 Å². The molecule has 0 spiro atoms. The van der Waals surface area contributed by atoms with E-state index in [9.17, 15) is 0 Å². The average molecular weight is 359 g/mol. The second-order valence-electron chi connectivity index (χ2n) is 2.75. The fourth-order valence-corrected chi connectivity index (χ4v) is 1.59. The molecule has 0 aliphatic heterocycles. The Kier molecular flexibility index (Phi) is 5.08. The molecule has 0 unspecified atom stereocenters. The minimum absolute atomic E-state index is 0. The first-order chi connectivity index (χ1) is 6.86. The van der Waals surface area contributed by atoms with Gasteiger partial charge in [-0.1, -0.05) is 48.1 Å². The van der Waals surface area contributed by atoms with Gasteiger partial charge in [-0.05, 0) is 34.3 Å². The topological polar surface area (TPSA) is 26.5 Å². The molecule has 0 atom stereocenters. The van der Waals surface area contributed by atoms with Crippen molar-refractivity contribution < 1.29 is 17.1 Å². The van der Waals surface area contributed by atoms with Gasteiger partial charge in [0.25, 0.3) is 0 Å². The van der Waals surface area contributed by atoms with Crippen molar-refractivity contribution in [3.63, 3.8) is 0 Å². The number of pyridine rings is 1. The number of hydrogen-bond donors (Lipinski definition) is 0. The van der Waals surface area contributed by atoms with Crippen LogP contribution in [0, 0.1) is 3.57 Å². The SMILES string of the molecule is Ic1ccccc1N=c1cccc[n-]1.[Cu+]. The summed E-state index contributed by atoms with van der Waals surface area (Å²) in [6, 6.07) is 13.7. The van der Waals surface area contributed by atoms with Crippen molar-refractivity contribution in [2.75, 3.05) is 0 Å². The molecular weight excluding hydrogens is 351 g/mol. The summed E-state index contributed by atoms with van der Waals surface area (Å²) in [6.45, 7) is 0. The van der Waals surface area contributed by atoms with Crippen LogP contribution in [0.25, 0.3) is 0 Å². The minimum atomic E-state index is 0. The van der Waals surface area contributed by atoms with Crippen molar-refractivity contribution in [2.45, 2.75) is 0 Å². The average Bonchev–Trinajstić information content (AvgIpc) is 2.23. The van der Waals surface area contributed by atoms with E-state index in [4.69, 9.17) is 0 Å². The van der Waals surface area contributed by atoms with Gasteiger partial charge in [0.05, 0.1) is 0 Å². The molecule has 15 heavy (non-hydrogen) atoms. The molecule has 0 fully saturated rings. The van der Waals surface area contributed by atoms with E-state index >= 15 is 0 Å². The van der Waals surface area contributed by atoms with E-state index in [1.165, 1.54) is 0 Å². The Bertz CT molecular complexity index is 476. The monoisotopic (exact) mass is 358 g/mol. The van der Waals surface area contributed by atoms with E-state index in [0.717, 1.165) is 14.7 Å². The van der Waals surface area contributed by atoms with Crippen molar-refractivity contribution in [1.29, 1.82) is 0 Å². The van der Waals surface area contributed by atoms with Crippen molar-refractivity contribution in [3.8, 4) is 0 Å². The molecule has 80 valence electrons. The van der Waals surface area contributed by atoms with Crippen LogP contribution in [0.2, 0.25) is 0 Å². The van der Waals surface area contributed by atoms with Crippen LogP contribution in [0.3, 0.4) is 0 Å². The van der Waals surface area contributed by atoms with Gasteiger partial charge in [-0.2, -0.15) is 0 Å². The fraction of sp³-hybridized carbons (Fsp3) is 0. The minimum Gasteiger partial charge on any atom is -0.443 e. The molecule has 2 aromatic rings. The van der Waals surface area contributed by atoms with Gasteiger partial charge in [0.1, 0.15) is 0 Å². The van der Waals surface area contributed by atoms with Gasteiger partial charge in [0.15, 0.2) is 0 Å². The summed E-state index contributed by atoms with van der Waals surface area (Å²) in [7, 11) is 0. The molecule has 1 aromatic carbocycles. The van der Waals surface area contributed by atoms with Crippen molar-refractivity contribution >= 4 is 28.3 Å². The Morgan fingerprint density at radius 1 is 1.00 bits per heavy atom. The first kappa shape index (κ1) is 12.5. The van der Waals surface area contributed by atoms with Gasteiger partial charge in [-0.15, -0.1) is 0 Å². The molecule has 2 nitrogen and oxygen atoms in total. The van der Waals surface area contributed by atoms with Crippen LogP contribution in [0.4, 0.5) is 5.69 Å². The third-order valence-corrected chi connectivity index (χ3v) is 2.65. The van der Waals surface area contributed by atoms with Gasteiger partial charge >= 0.3 is 17.1 Å². The number of nitrogens with zero attached hydrogens (tertiary/aromatic N) is 2. The zero-order chi connectivity index (χ0) is 9.80. The van der Waals surface area contributed by atoms with Gasteiger partial charge in [-0.3, -0.25) is 0 Å². The van der Waals surface area contributed by atoms with Gasteiger partial charge in [0, 0.05) is 3.57 Å². The fourth-order valence-electron chi connectivity index (χ4n) is 1.09. The largest absolute Gasteiger partial charge is 1.00 e. The summed E-state index contributed by atoms with van der Waals surface area (Å²) in [5, 5.41) is 0. The molecule has 2 rings (SSSR count). The smallest absolute Gasteiger partial charge is 0.443 e. The predicted molar refractivity (Wildman–Crippen MR) is 64.1 cm³/mol. The molecular formula is C11H8CuIN2. The van der Waals surface area contributed by atoms with E-state index < -0.39 is 0 Å². The Labute approximate surface area is 112 Å². The van der Waals surface area contributed by atoms with Crippen LogP contribution in [-0.2, 0) is 17.1 Å². The first-order valence-electron chi connectivity index (χ1n) is 4.23. The van der Waals surface area contributed by atoms with Crippen molar-refractivity contribution in [2.24, 2.45) is 4.99 Å². The molecule has 0 aliphatic rings. The van der Waals surface area contributed by atoms with E-state index in [-0.39, 0.29) is 17.1 Å². The Morgan fingerprint density at radius 2 is 1.73 bits per heavy atom. The number of halogens is 1. The quantitative estimate of drug-likeness (QED) is 0.568. The molecule has 0 saturated heterocycles. The Morgan fingerprint density at radius 3 is 2.40 bits per heavy atom. The van der Waals surface area contributed by atoms with Crippen LogP contribution in [0.5, 0.6) is 0 Å². The summed E-state index contributed by atoms with van der Waals surface area (Å²) in [5.74, 6) is 0. The van der Waals surface area contributed by atoms with Gasteiger partial charge in [0.2, 0.25) is 0 Å². The summed E-state index contributed by atoms with van der Waals surface area (Å²) >= 11 is 2.27. The van der Waals surface area contributed by atoms with Crippen LogP contribution in [0.15, 0.2) is 53.7 Å². The zero-order valence-corrected chi connectivity index (χ0v) is 10.8. The number of aromatic nitrogens is 1. The molecule has 0 amide bonds. The maximum Gasteiger partial charge on any atom is 1.00 e. The van der Waals surface area contributed by atoms with Gasteiger partial charge < -0.3 is 9.98 Å². The number of hydrogen-bond acceptors (Lipinski definition) is 1. The first-order valence-corrected chi connectivity index (χ1v) is 5.31. The second-order valence-corrected chi connectivity index (χ2v) is 3.91. The third-order valence-electron chi connectivity index (χ3n) is 1.74. The third kappa shape index (κ3) is 3.48. The molecule has 0 radical (unpaired) electrons. The molecule has 0 N–H and O–H groups in total. The summed E-state index contributed by atoms with van der Waals surface area (Å²) in [4.78, 5) is 8.57. The zero-order valence-electron chi connectivity index (χ0n) is 7.69.